The molecule has 4 heterocycles. The third-order valence-corrected chi connectivity index (χ3v) is 5.79. The van der Waals surface area contributed by atoms with Gasteiger partial charge < -0.3 is 14.6 Å². The predicted molar refractivity (Wildman–Crippen MR) is 113 cm³/mol. The maximum Gasteiger partial charge on any atom is 0.410 e. The maximum absolute atomic E-state index is 12.4. The number of ether oxygens (including phenoxy) is 2. The SMILES string of the molecule is Cc1cc(-c2nc(OC3C[C@@H](C(=O)O)N(C(=O)OC(C)C)C3)c3sccc3n2)n(C)n1. The van der Waals surface area contributed by atoms with Crippen LogP contribution < -0.4 is 4.74 Å². The van der Waals surface area contributed by atoms with Crippen molar-refractivity contribution in [3.8, 4) is 17.4 Å². The molecular formula is C20H23N5O5S. The van der Waals surface area contributed by atoms with E-state index in [0.29, 0.717) is 11.7 Å². The van der Waals surface area contributed by atoms with E-state index in [1.165, 1.54) is 16.2 Å². The Bertz CT molecular complexity index is 1140. The zero-order chi connectivity index (χ0) is 22.3. The molecule has 1 saturated heterocycles. The molecule has 0 spiro atoms. The first-order chi connectivity index (χ1) is 14.7. The monoisotopic (exact) mass is 445 g/mol. The number of carbonyl (C=O) groups is 2. The molecule has 3 aromatic heterocycles. The van der Waals surface area contributed by atoms with Crippen LogP contribution in [0.2, 0.25) is 0 Å². The highest BCUT2D eigenvalue weighted by Crippen LogP contribution is 2.33. The molecule has 0 aliphatic carbocycles. The summed E-state index contributed by atoms with van der Waals surface area (Å²) in [6.45, 7) is 5.42. The molecule has 1 unspecified atom stereocenters. The maximum atomic E-state index is 12.4. The average Bonchev–Trinajstić information content (AvgIpc) is 3.39. The lowest BCUT2D eigenvalue weighted by Gasteiger charge is -2.21. The summed E-state index contributed by atoms with van der Waals surface area (Å²) in [5.74, 6) is -0.267. The van der Waals surface area contributed by atoms with E-state index in [0.717, 1.165) is 21.6 Å². The van der Waals surface area contributed by atoms with Crippen LogP contribution in [0.15, 0.2) is 17.5 Å². The Hall–Kier alpha value is -3.21. The Balaban J connectivity index is 1.64. The van der Waals surface area contributed by atoms with Crippen LogP contribution in [0.5, 0.6) is 5.88 Å². The van der Waals surface area contributed by atoms with Gasteiger partial charge in [-0.3, -0.25) is 9.58 Å². The van der Waals surface area contributed by atoms with Gasteiger partial charge in [-0.2, -0.15) is 10.1 Å². The van der Waals surface area contributed by atoms with Gasteiger partial charge in [0.1, 0.15) is 22.5 Å². The standard InChI is InChI=1S/C20H23N5O5S/c1-10(2)29-20(28)25-9-12(8-15(25)19(26)27)30-18-16-13(5-6-31-16)21-17(22-18)14-7-11(3)23-24(14)4/h5-7,10,12,15H,8-9H2,1-4H3,(H,26,27)/t12?,15-/m0/s1. The Morgan fingerprint density at radius 2 is 2.10 bits per heavy atom. The number of aromatic nitrogens is 4. The summed E-state index contributed by atoms with van der Waals surface area (Å²) in [6, 6.07) is 2.75. The lowest BCUT2D eigenvalue weighted by atomic mass is 10.2. The van der Waals surface area contributed by atoms with Crippen LogP contribution >= 0.6 is 11.3 Å². The van der Waals surface area contributed by atoms with E-state index in [9.17, 15) is 14.7 Å². The predicted octanol–water partition coefficient (Wildman–Crippen LogP) is 2.85. The number of nitrogens with zero attached hydrogens (tertiary/aromatic N) is 5. The van der Waals surface area contributed by atoms with E-state index >= 15 is 0 Å². The second kappa shape index (κ2) is 8.14. The molecular weight excluding hydrogens is 422 g/mol. The van der Waals surface area contributed by atoms with E-state index in [4.69, 9.17) is 9.47 Å². The molecule has 3 aromatic rings. The summed E-state index contributed by atoms with van der Waals surface area (Å²) in [7, 11) is 1.82. The molecule has 0 radical (unpaired) electrons. The highest BCUT2D eigenvalue weighted by atomic mass is 32.1. The average molecular weight is 446 g/mol. The van der Waals surface area contributed by atoms with Crippen molar-refractivity contribution in [2.24, 2.45) is 7.05 Å². The van der Waals surface area contributed by atoms with Crippen molar-refractivity contribution in [1.82, 2.24) is 24.6 Å². The third-order valence-electron chi connectivity index (χ3n) is 4.90. The van der Waals surface area contributed by atoms with Crippen LogP contribution in [0.25, 0.3) is 21.7 Å². The number of aryl methyl sites for hydroxylation is 2. The minimum absolute atomic E-state index is 0.0968. The number of thiophene rings is 1. The first-order valence-corrected chi connectivity index (χ1v) is 10.7. The molecule has 0 aromatic carbocycles. The fourth-order valence-electron chi connectivity index (χ4n) is 3.60. The zero-order valence-electron chi connectivity index (χ0n) is 17.6. The molecule has 31 heavy (non-hydrogen) atoms. The number of rotatable bonds is 5. The van der Waals surface area contributed by atoms with Crippen molar-refractivity contribution in [3.63, 3.8) is 0 Å². The van der Waals surface area contributed by atoms with E-state index in [2.05, 4.69) is 15.1 Å². The van der Waals surface area contributed by atoms with Gasteiger partial charge in [-0.15, -0.1) is 11.3 Å². The topological polar surface area (TPSA) is 120 Å². The number of fused-ring (bicyclic) bond motifs is 1. The van der Waals surface area contributed by atoms with Crippen LogP contribution in [-0.4, -0.2) is 66.6 Å². The van der Waals surface area contributed by atoms with E-state index < -0.39 is 24.2 Å². The summed E-state index contributed by atoms with van der Waals surface area (Å²) in [4.78, 5) is 34.5. The highest BCUT2D eigenvalue weighted by molar-refractivity contribution is 7.17. The van der Waals surface area contributed by atoms with Crippen LogP contribution in [0.4, 0.5) is 4.79 Å². The first-order valence-electron chi connectivity index (χ1n) is 9.86. The third kappa shape index (κ3) is 4.18. The normalized spacial score (nSPS) is 18.7. The van der Waals surface area contributed by atoms with Gasteiger partial charge in [-0.05, 0) is 38.3 Å². The van der Waals surface area contributed by atoms with Crippen molar-refractivity contribution in [3.05, 3.63) is 23.2 Å². The molecule has 1 N–H and O–H groups in total. The molecule has 0 saturated carbocycles. The lowest BCUT2D eigenvalue weighted by molar-refractivity contribution is -0.141. The van der Waals surface area contributed by atoms with E-state index in [1.807, 2.05) is 31.5 Å². The Morgan fingerprint density at radius 3 is 2.74 bits per heavy atom. The van der Waals surface area contributed by atoms with Gasteiger partial charge in [-0.25, -0.2) is 14.6 Å². The Kier molecular flexibility index (Phi) is 5.52. The van der Waals surface area contributed by atoms with Crippen LogP contribution in [0.3, 0.4) is 0 Å². The summed E-state index contributed by atoms with van der Waals surface area (Å²) in [5.41, 5.74) is 2.31. The van der Waals surface area contributed by atoms with Gasteiger partial charge in [0.25, 0.3) is 0 Å². The van der Waals surface area contributed by atoms with E-state index in [1.54, 1.807) is 18.5 Å². The van der Waals surface area contributed by atoms with Crippen LogP contribution in [0.1, 0.15) is 26.0 Å². The molecule has 0 bridgehead atoms. The van der Waals surface area contributed by atoms with Gasteiger partial charge in [0.15, 0.2) is 5.82 Å². The van der Waals surface area contributed by atoms with Gasteiger partial charge in [0.05, 0.1) is 23.9 Å². The summed E-state index contributed by atoms with van der Waals surface area (Å²) in [6.07, 6.45) is -1.41. The second-order valence-corrected chi connectivity index (χ2v) is 8.61. The molecule has 1 aliphatic rings. The first kappa shape index (κ1) is 21.0. The van der Waals surface area contributed by atoms with Crippen LogP contribution in [0, 0.1) is 6.92 Å². The minimum atomic E-state index is -1.10. The number of amides is 1. The molecule has 1 aliphatic heterocycles. The number of hydrogen-bond donors (Lipinski definition) is 1. The van der Waals surface area contributed by atoms with Gasteiger partial charge >= 0.3 is 12.1 Å². The van der Waals surface area contributed by atoms with Crippen molar-refractivity contribution < 1.29 is 24.2 Å². The molecule has 2 atom stereocenters. The molecule has 1 amide bonds. The number of aliphatic carboxylic acids is 1. The number of hydrogen-bond acceptors (Lipinski definition) is 8. The van der Waals surface area contributed by atoms with Gasteiger partial charge in [-0.1, -0.05) is 0 Å². The molecule has 10 nitrogen and oxygen atoms in total. The van der Waals surface area contributed by atoms with Gasteiger partial charge in [0, 0.05) is 13.5 Å². The number of carbonyl (C=O) groups excluding carboxylic acids is 1. The fourth-order valence-corrected chi connectivity index (χ4v) is 4.36. The van der Waals surface area contributed by atoms with Crippen molar-refractivity contribution in [2.45, 2.75) is 45.4 Å². The largest absolute Gasteiger partial charge is 0.480 e. The molecule has 164 valence electrons. The second-order valence-electron chi connectivity index (χ2n) is 7.70. The minimum Gasteiger partial charge on any atom is -0.480 e. The van der Waals surface area contributed by atoms with Crippen molar-refractivity contribution in [1.29, 1.82) is 0 Å². The van der Waals surface area contributed by atoms with Crippen molar-refractivity contribution in [2.75, 3.05) is 6.54 Å². The summed E-state index contributed by atoms with van der Waals surface area (Å²) < 4.78 is 13.8. The Morgan fingerprint density at radius 1 is 1.32 bits per heavy atom. The number of carboxylic acids is 1. The van der Waals surface area contributed by atoms with E-state index in [-0.39, 0.29) is 19.1 Å². The summed E-state index contributed by atoms with van der Waals surface area (Å²) in [5, 5.41) is 15.8. The summed E-state index contributed by atoms with van der Waals surface area (Å²) >= 11 is 1.44. The van der Waals surface area contributed by atoms with Crippen molar-refractivity contribution >= 4 is 33.6 Å². The molecule has 11 heteroatoms. The smallest absolute Gasteiger partial charge is 0.410 e. The fraction of sp³-hybridized carbons (Fsp3) is 0.450. The quantitative estimate of drug-likeness (QED) is 0.637. The highest BCUT2D eigenvalue weighted by Gasteiger charge is 2.42. The Labute approximate surface area is 182 Å². The molecule has 1 fully saturated rings. The zero-order valence-corrected chi connectivity index (χ0v) is 18.4. The van der Waals surface area contributed by atoms with Crippen LogP contribution in [-0.2, 0) is 16.6 Å². The lowest BCUT2D eigenvalue weighted by Crippen LogP contribution is -2.41. The van der Waals surface area contributed by atoms with Gasteiger partial charge in [0.2, 0.25) is 5.88 Å². The number of carboxylic acid groups (broad SMARTS) is 1. The molecule has 4 rings (SSSR count). The number of likely N-dealkylation sites (tertiary alicyclic amines) is 1.